The molecule has 144 valence electrons. The van der Waals surface area contributed by atoms with Crippen molar-refractivity contribution >= 4 is 45.6 Å². The molecule has 7 heteroatoms. The van der Waals surface area contributed by atoms with E-state index >= 15 is 0 Å². The van der Waals surface area contributed by atoms with Gasteiger partial charge in [0.15, 0.2) is 5.75 Å². The Bertz CT molecular complexity index is 1050. The van der Waals surface area contributed by atoms with Crippen LogP contribution in [0.1, 0.15) is 11.1 Å². The number of methoxy groups -OCH3 is 2. The van der Waals surface area contributed by atoms with Gasteiger partial charge in [0, 0.05) is 11.6 Å². The molecule has 1 aromatic heterocycles. The molecule has 0 aliphatic carbocycles. The van der Waals surface area contributed by atoms with E-state index in [-0.39, 0.29) is 12.2 Å². The summed E-state index contributed by atoms with van der Waals surface area (Å²) in [7, 11) is 2.78. The van der Waals surface area contributed by atoms with Crippen LogP contribution in [0, 0.1) is 0 Å². The Labute approximate surface area is 172 Å². The number of esters is 1. The molecule has 0 aliphatic heterocycles. The molecule has 0 N–H and O–H groups in total. The number of carbonyl (C=O) groups excluding carboxylic acids is 1. The zero-order valence-electron chi connectivity index (χ0n) is 15.2. The standard InChI is InChI=1S/C21H17Cl2NO4/c1-26-12-16(21(25)27-2)14-7-4-3-6-13(14)11-28-20-18(23)10-17(22)15-8-5-9-24-19(15)20/h3-10,12H,11H2,1-2H3. The van der Waals surface area contributed by atoms with Gasteiger partial charge in [0.05, 0.1) is 30.5 Å². The molecule has 1 heterocycles. The van der Waals surface area contributed by atoms with E-state index in [9.17, 15) is 4.79 Å². The number of pyridine rings is 1. The second-order valence-corrected chi connectivity index (χ2v) is 6.59. The molecule has 0 amide bonds. The van der Waals surface area contributed by atoms with E-state index in [4.69, 9.17) is 37.4 Å². The van der Waals surface area contributed by atoms with E-state index < -0.39 is 5.97 Å². The van der Waals surface area contributed by atoms with Crippen LogP contribution < -0.4 is 4.74 Å². The van der Waals surface area contributed by atoms with Gasteiger partial charge in [-0.3, -0.25) is 4.98 Å². The molecular weight excluding hydrogens is 401 g/mol. The summed E-state index contributed by atoms with van der Waals surface area (Å²) in [6.07, 6.45) is 2.99. The summed E-state index contributed by atoms with van der Waals surface area (Å²) in [5, 5.41) is 1.59. The lowest BCUT2D eigenvalue weighted by molar-refractivity contribution is -0.133. The van der Waals surface area contributed by atoms with Crippen LogP contribution in [0.5, 0.6) is 5.75 Å². The highest BCUT2D eigenvalue weighted by Crippen LogP contribution is 2.37. The molecule has 0 aliphatic rings. The molecule has 0 bridgehead atoms. The Morgan fingerprint density at radius 1 is 1.11 bits per heavy atom. The summed E-state index contributed by atoms with van der Waals surface area (Å²) < 4.78 is 15.9. The largest absolute Gasteiger partial charge is 0.503 e. The summed E-state index contributed by atoms with van der Waals surface area (Å²) in [6.45, 7) is 0.154. The van der Waals surface area contributed by atoms with Crippen molar-refractivity contribution in [2.45, 2.75) is 6.61 Å². The molecule has 0 atom stereocenters. The van der Waals surface area contributed by atoms with Crippen LogP contribution in [-0.2, 0) is 20.9 Å². The Morgan fingerprint density at radius 2 is 1.89 bits per heavy atom. The number of carbonyl (C=O) groups is 1. The zero-order valence-corrected chi connectivity index (χ0v) is 16.8. The number of fused-ring (bicyclic) bond motifs is 1. The average Bonchev–Trinajstić information content (AvgIpc) is 2.72. The second-order valence-electron chi connectivity index (χ2n) is 5.77. The van der Waals surface area contributed by atoms with Crippen LogP contribution in [0.4, 0.5) is 0 Å². The number of hydrogen-bond acceptors (Lipinski definition) is 5. The lowest BCUT2D eigenvalue weighted by atomic mass is 10.0. The molecule has 5 nitrogen and oxygen atoms in total. The number of aromatic nitrogens is 1. The van der Waals surface area contributed by atoms with Crippen molar-refractivity contribution in [2.24, 2.45) is 0 Å². The first-order valence-electron chi connectivity index (χ1n) is 8.32. The van der Waals surface area contributed by atoms with Gasteiger partial charge in [-0.25, -0.2) is 4.79 Å². The minimum absolute atomic E-state index is 0.154. The molecule has 0 saturated carbocycles. The van der Waals surface area contributed by atoms with E-state index in [1.807, 2.05) is 24.3 Å². The number of hydrogen-bond donors (Lipinski definition) is 0. The third-order valence-corrected chi connectivity index (χ3v) is 4.66. The lowest BCUT2D eigenvalue weighted by Crippen LogP contribution is -2.08. The maximum atomic E-state index is 12.1. The molecule has 0 saturated heterocycles. The van der Waals surface area contributed by atoms with Crippen LogP contribution >= 0.6 is 23.2 Å². The molecule has 0 fully saturated rings. The van der Waals surface area contributed by atoms with Crippen molar-refractivity contribution in [3.05, 3.63) is 76.1 Å². The Morgan fingerprint density at radius 3 is 2.64 bits per heavy atom. The highest BCUT2D eigenvalue weighted by atomic mass is 35.5. The second kappa shape index (κ2) is 8.95. The predicted octanol–water partition coefficient (Wildman–Crippen LogP) is 5.28. The zero-order chi connectivity index (χ0) is 20.1. The van der Waals surface area contributed by atoms with E-state index in [2.05, 4.69) is 4.98 Å². The van der Waals surface area contributed by atoms with Gasteiger partial charge < -0.3 is 14.2 Å². The van der Waals surface area contributed by atoms with Gasteiger partial charge in [-0.05, 0) is 29.3 Å². The summed E-state index contributed by atoms with van der Waals surface area (Å²) >= 11 is 12.6. The van der Waals surface area contributed by atoms with Gasteiger partial charge in [-0.2, -0.15) is 0 Å². The molecular formula is C21H17Cl2NO4. The Balaban J connectivity index is 1.98. The predicted molar refractivity (Wildman–Crippen MR) is 110 cm³/mol. The first kappa shape index (κ1) is 20.0. The maximum Gasteiger partial charge on any atom is 0.341 e. The number of nitrogens with zero attached hydrogens (tertiary/aromatic N) is 1. The number of ether oxygens (including phenoxy) is 3. The summed E-state index contributed by atoms with van der Waals surface area (Å²) in [6, 6.07) is 12.6. The van der Waals surface area contributed by atoms with E-state index in [1.165, 1.54) is 20.5 Å². The fraction of sp³-hybridized carbons (Fsp3) is 0.143. The van der Waals surface area contributed by atoms with Gasteiger partial charge in [0.1, 0.15) is 17.7 Å². The topological polar surface area (TPSA) is 57.7 Å². The van der Waals surface area contributed by atoms with Crippen LogP contribution in [0.3, 0.4) is 0 Å². The van der Waals surface area contributed by atoms with E-state index in [0.29, 0.717) is 26.9 Å². The maximum absolute atomic E-state index is 12.1. The Kier molecular flexibility index (Phi) is 6.39. The molecule has 3 aromatic rings. The van der Waals surface area contributed by atoms with Crippen molar-refractivity contribution in [3.63, 3.8) is 0 Å². The van der Waals surface area contributed by atoms with Crippen LogP contribution in [0.25, 0.3) is 16.5 Å². The average molecular weight is 418 g/mol. The smallest absolute Gasteiger partial charge is 0.341 e. The van der Waals surface area contributed by atoms with Gasteiger partial charge in [-0.1, -0.05) is 47.5 Å². The Hall–Kier alpha value is -2.76. The normalized spacial score (nSPS) is 11.4. The van der Waals surface area contributed by atoms with Crippen LogP contribution in [0.2, 0.25) is 10.0 Å². The third kappa shape index (κ3) is 4.06. The van der Waals surface area contributed by atoms with Crippen LogP contribution in [0.15, 0.2) is 54.9 Å². The van der Waals surface area contributed by atoms with Gasteiger partial charge in [0.2, 0.25) is 0 Å². The lowest BCUT2D eigenvalue weighted by Gasteiger charge is -2.15. The third-order valence-electron chi connectivity index (χ3n) is 4.07. The van der Waals surface area contributed by atoms with Crippen LogP contribution in [-0.4, -0.2) is 25.2 Å². The molecule has 0 radical (unpaired) electrons. The first-order valence-corrected chi connectivity index (χ1v) is 9.07. The minimum atomic E-state index is -0.508. The minimum Gasteiger partial charge on any atom is -0.503 e. The molecule has 28 heavy (non-hydrogen) atoms. The molecule has 3 rings (SSSR count). The first-order chi connectivity index (χ1) is 13.6. The van der Waals surface area contributed by atoms with Gasteiger partial charge in [-0.15, -0.1) is 0 Å². The fourth-order valence-electron chi connectivity index (χ4n) is 2.79. The monoisotopic (exact) mass is 417 g/mol. The highest BCUT2D eigenvalue weighted by molar-refractivity contribution is 6.39. The number of benzene rings is 2. The van der Waals surface area contributed by atoms with Crippen molar-refractivity contribution in [1.29, 1.82) is 0 Å². The highest BCUT2D eigenvalue weighted by Gasteiger charge is 2.18. The fourth-order valence-corrected chi connectivity index (χ4v) is 3.36. The van der Waals surface area contributed by atoms with E-state index in [1.54, 1.807) is 24.4 Å². The summed E-state index contributed by atoms with van der Waals surface area (Å²) in [5.41, 5.74) is 2.25. The molecule has 0 unspecified atom stereocenters. The van der Waals surface area contributed by atoms with Gasteiger partial charge in [0.25, 0.3) is 0 Å². The van der Waals surface area contributed by atoms with Crippen molar-refractivity contribution in [2.75, 3.05) is 14.2 Å². The number of halogens is 2. The van der Waals surface area contributed by atoms with Crippen molar-refractivity contribution in [3.8, 4) is 5.75 Å². The van der Waals surface area contributed by atoms with Crippen molar-refractivity contribution < 1.29 is 19.0 Å². The molecule has 2 aromatic carbocycles. The van der Waals surface area contributed by atoms with Crippen molar-refractivity contribution in [1.82, 2.24) is 4.98 Å². The molecule has 0 spiro atoms. The number of rotatable bonds is 6. The quantitative estimate of drug-likeness (QED) is 0.310. The SMILES string of the molecule is COC=C(C(=O)OC)c1ccccc1COc1c(Cl)cc(Cl)c2cccnc12. The van der Waals surface area contributed by atoms with E-state index in [0.717, 1.165) is 10.9 Å². The summed E-state index contributed by atoms with van der Waals surface area (Å²) in [4.78, 5) is 16.5. The van der Waals surface area contributed by atoms with Gasteiger partial charge >= 0.3 is 5.97 Å². The summed E-state index contributed by atoms with van der Waals surface area (Å²) in [5.74, 6) is -0.0854.